The first-order chi connectivity index (χ1) is 13.0. The number of piperidine rings is 1. The molecule has 1 aliphatic rings. The number of ether oxygens (including phenoxy) is 1. The molecule has 27 heavy (non-hydrogen) atoms. The monoisotopic (exact) mass is 436 g/mol. The second-order valence-electron chi connectivity index (χ2n) is 6.94. The molecule has 7 nitrogen and oxygen atoms in total. The molecule has 0 bridgehead atoms. The number of hydrogen-bond donors (Lipinski definition) is 1. The van der Waals surface area contributed by atoms with Gasteiger partial charge in [0.2, 0.25) is 17.6 Å². The molecule has 1 unspecified atom stereocenters. The highest BCUT2D eigenvalue weighted by Crippen LogP contribution is 2.22. The van der Waals surface area contributed by atoms with Gasteiger partial charge in [-0.1, -0.05) is 33.2 Å². The number of benzene rings is 1. The van der Waals surface area contributed by atoms with Gasteiger partial charge < -0.3 is 14.6 Å². The van der Waals surface area contributed by atoms with Crippen LogP contribution in [0.25, 0.3) is 11.4 Å². The van der Waals surface area contributed by atoms with Crippen LogP contribution in [0.4, 0.5) is 0 Å². The van der Waals surface area contributed by atoms with Crippen molar-refractivity contribution >= 4 is 21.8 Å². The van der Waals surface area contributed by atoms with Crippen molar-refractivity contribution in [2.75, 3.05) is 26.8 Å². The number of carbonyl (C=O) groups is 1. The van der Waals surface area contributed by atoms with Gasteiger partial charge in [0.05, 0.1) is 13.2 Å². The summed E-state index contributed by atoms with van der Waals surface area (Å²) in [4.78, 5) is 19.1. The Bertz CT molecular complexity index is 759. The molecular formula is C19H25BrN4O3. The minimum absolute atomic E-state index is 0.0374. The minimum atomic E-state index is 0.0374. The first kappa shape index (κ1) is 20.0. The number of amides is 1. The van der Waals surface area contributed by atoms with Crippen molar-refractivity contribution in [1.29, 1.82) is 0 Å². The largest absolute Gasteiger partial charge is 0.383 e. The normalized spacial score (nSPS) is 17.0. The maximum absolute atomic E-state index is 12.3. The molecule has 1 fully saturated rings. The molecule has 1 aliphatic heterocycles. The number of halogens is 1. The molecule has 0 radical (unpaired) electrons. The first-order valence-corrected chi connectivity index (χ1v) is 9.94. The van der Waals surface area contributed by atoms with E-state index in [2.05, 4.69) is 36.3 Å². The van der Waals surface area contributed by atoms with E-state index in [0.717, 1.165) is 36.0 Å². The molecule has 0 spiro atoms. The van der Waals surface area contributed by atoms with Gasteiger partial charge in [-0.25, -0.2) is 0 Å². The molecule has 1 atom stereocenters. The van der Waals surface area contributed by atoms with Crippen LogP contribution >= 0.6 is 15.9 Å². The van der Waals surface area contributed by atoms with E-state index in [1.165, 1.54) is 0 Å². The predicted octanol–water partition coefficient (Wildman–Crippen LogP) is 2.86. The average molecular weight is 437 g/mol. The van der Waals surface area contributed by atoms with E-state index in [0.29, 0.717) is 24.9 Å². The van der Waals surface area contributed by atoms with Crippen LogP contribution in [0.2, 0.25) is 0 Å². The maximum atomic E-state index is 12.3. The maximum Gasteiger partial charge on any atom is 0.241 e. The van der Waals surface area contributed by atoms with Crippen LogP contribution in [0.15, 0.2) is 33.3 Å². The number of methoxy groups -OCH3 is 1. The molecule has 1 saturated heterocycles. The number of likely N-dealkylation sites (tertiary alicyclic amines) is 1. The van der Waals surface area contributed by atoms with Crippen molar-refractivity contribution in [3.8, 4) is 11.4 Å². The molecule has 2 heterocycles. The van der Waals surface area contributed by atoms with Gasteiger partial charge in [-0.3, -0.25) is 9.69 Å². The van der Waals surface area contributed by atoms with Crippen LogP contribution in [0.5, 0.6) is 0 Å². The second kappa shape index (κ2) is 9.43. The van der Waals surface area contributed by atoms with E-state index < -0.39 is 0 Å². The zero-order valence-electron chi connectivity index (χ0n) is 15.7. The first-order valence-electron chi connectivity index (χ1n) is 9.15. The zero-order chi connectivity index (χ0) is 19.2. The number of rotatable bonds is 7. The third kappa shape index (κ3) is 5.60. The Morgan fingerprint density at radius 2 is 2.22 bits per heavy atom. The third-order valence-electron chi connectivity index (χ3n) is 4.67. The van der Waals surface area contributed by atoms with E-state index in [9.17, 15) is 4.79 Å². The molecule has 2 aromatic rings. The fourth-order valence-electron chi connectivity index (χ4n) is 3.26. The fourth-order valence-corrected chi connectivity index (χ4v) is 3.66. The van der Waals surface area contributed by atoms with Gasteiger partial charge in [0.25, 0.3) is 0 Å². The number of nitrogens with one attached hydrogen (secondary N) is 1. The molecule has 0 saturated carbocycles. The van der Waals surface area contributed by atoms with Gasteiger partial charge in [-0.05, 0) is 45.0 Å². The zero-order valence-corrected chi connectivity index (χ0v) is 17.2. The molecular weight excluding hydrogens is 412 g/mol. The molecule has 1 amide bonds. The molecule has 3 rings (SSSR count). The standard InChI is InChI=1S/C19H25BrN4O3/c1-13(12-26-2)21-19(25)14-6-8-24(9-7-14)11-17-22-18(23-27-17)15-4-3-5-16(20)10-15/h3-5,10,13-14H,6-9,11-12H2,1-2H3,(H,21,25). The summed E-state index contributed by atoms with van der Waals surface area (Å²) in [7, 11) is 1.64. The minimum Gasteiger partial charge on any atom is -0.383 e. The fraction of sp³-hybridized carbons (Fsp3) is 0.526. The summed E-state index contributed by atoms with van der Waals surface area (Å²) in [6.45, 7) is 4.77. The van der Waals surface area contributed by atoms with Crippen LogP contribution in [0, 0.1) is 5.92 Å². The summed E-state index contributed by atoms with van der Waals surface area (Å²) >= 11 is 3.45. The Kier molecular flexibility index (Phi) is 6.98. The topological polar surface area (TPSA) is 80.5 Å². The van der Waals surface area contributed by atoms with E-state index in [1.54, 1.807) is 7.11 Å². The molecule has 146 valence electrons. The van der Waals surface area contributed by atoms with Crippen LogP contribution in [-0.2, 0) is 16.1 Å². The van der Waals surface area contributed by atoms with Gasteiger partial charge in [-0.15, -0.1) is 0 Å². The highest BCUT2D eigenvalue weighted by atomic mass is 79.9. The number of carbonyl (C=O) groups excluding carboxylic acids is 1. The number of hydrogen-bond acceptors (Lipinski definition) is 6. The van der Waals surface area contributed by atoms with Crippen LogP contribution < -0.4 is 5.32 Å². The SMILES string of the molecule is COCC(C)NC(=O)C1CCN(Cc2nc(-c3cccc(Br)c3)no2)CC1. The lowest BCUT2D eigenvalue weighted by Gasteiger charge is -2.30. The summed E-state index contributed by atoms with van der Waals surface area (Å²) < 4.78 is 11.4. The molecule has 1 aromatic heterocycles. The van der Waals surface area contributed by atoms with E-state index >= 15 is 0 Å². The summed E-state index contributed by atoms with van der Waals surface area (Å²) in [6.07, 6.45) is 1.66. The van der Waals surface area contributed by atoms with Crippen molar-refractivity contribution < 1.29 is 14.1 Å². The van der Waals surface area contributed by atoms with Crippen molar-refractivity contribution in [2.45, 2.75) is 32.4 Å². The van der Waals surface area contributed by atoms with Crippen LogP contribution in [0.1, 0.15) is 25.7 Å². The van der Waals surface area contributed by atoms with Gasteiger partial charge in [0.1, 0.15) is 0 Å². The van der Waals surface area contributed by atoms with Crippen molar-refractivity contribution in [2.24, 2.45) is 5.92 Å². The van der Waals surface area contributed by atoms with Gasteiger partial charge >= 0.3 is 0 Å². The second-order valence-corrected chi connectivity index (χ2v) is 7.85. The van der Waals surface area contributed by atoms with E-state index in [1.807, 2.05) is 31.2 Å². The van der Waals surface area contributed by atoms with Crippen LogP contribution in [0.3, 0.4) is 0 Å². The highest BCUT2D eigenvalue weighted by molar-refractivity contribution is 9.10. The van der Waals surface area contributed by atoms with E-state index in [-0.39, 0.29) is 17.9 Å². The summed E-state index contributed by atoms with van der Waals surface area (Å²) in [5.41, 5.74) is 0.917. The lowest BCUT2D eigenvalue weighted by Crippen LogP contribution is -2.44. The van der Waals surface area contributed by atoms with Crippen LogP contribution in [-0.4, -0.2) is 53.8 Å². The van der Waals surface area contributed by atoms with Crippen molar-refractivity contribution in [3.63, 3.8) is 0 Å². The Hall–Kier alpha value is -1.77. The van der Waals surface area contributed by atoms with Gasteiger partial charge in [0.15, 0.2) is 0 Å². The quantitative estimate of drug-likeness (QED) is 0.718. The lowest BCUT2D eigenvalue weighted by atomic mass is 9.95. The predicted molar refractivity (Wildman–Crippen MR) is 105 cm³/mol. The average Bonchev–Trinajstić information content (AvgIpc) is 3.11. The highest BCUT2D eigenvalue weighted by Gasteiger charge is 2.26. The number of aromatic nitrogens is 2. The smallest absolute Gasteiger partial charge is 0.241 e. The summed E-state index contributed by atoms with van der Waals surface area (Å²) in [5, 5.41) is 7.09. The van der Waals surface area contributed by atoms with Crippen molar-refractivity contribution in [1.82, 2.24) is 20.4 Å². The van der Waals surface area contributed by atoms with Gasteiger partial charge in [0, 0.05) is 29.1 Å². The summed E-state index contributed by atoms with van der Waals surface area (Å²) in [5.74, 6) is 1.36. The Morgan fingerprint density at radius 1 is 1.44 bits per heavy atom. The van der Waals surface area contributed by atoms with E-state index in [4.69, 9.17) is 9.26 Å². The Labute approximate surface area is 167 Å². The Balaban J connectivity index is 1.49. The van der Waals surface area contributed by atoms with Gasteiger partial charge in [-0.2, -0.15) is 4.98 Å². The van der Waals surface area contributed by atoms with Crippen molar-refractivity contribution in [3.05, 3.63) is 34.6 Å². The summed E-state index contributed by atoms with van der Waals surface area (Å²) in [6, 6.07) is 7.85. The molecule has 1 aromatic carbocycles. The lowest BCUT2D eigenvalue weighted by molar-refractivity contribution is -0.127. The molecule has 8 heteroatoms. The number of nitrogens with zero attached hydrogens (tertiary/aromatic N) is 3. The Morgan fingerprint density at radius 3 is 2.93 bits per heavy atom. The molecule has 1 N–H and O–H groups in total. The third-order valence-corrected chi connectivity index (χ3v) is 5.17. The molecule has 0 aliphatic carbocycles.